The Morgan fingerprint density at radius 3 is 2.76 bits per heavy atom. The van der Waals surface area contributed by atoms with Crippen LogP contribution < -0.4 is 5.32 Å². The van der Waals surface area contributed by atoms with Crippen molar-refractivity contribution in [3.05, 3.63) is 11.7 Å². The van der Waals surface area contributed by atoms with E-state index in [1.807, 2.05) is 6.92 Å². The lowest BCUT2D eigenvalue weighted by molar-refractivity contribution is 0.0563. The standard InChI is InChI=1S/C16H28N4O/c1-12(2)14-10-17-16(7-4-5-8-16)11-20(14)9-6-15-18-13(3)19-21-15/h12,14,17H,4-11H2,1-3H3. The molecule has 1 saturated heterocycles. The van der Waals surface area contributed by atoms with Crippen LogP contribution >= 0.6 is 0 Å². The van der Waals surface area contributed by atoms with Gasteiger partial charge in [-0.1, -0.05) is 31.8 Å². The van der Waals surface area contributed by atoms with E-state index >= 15 is 0 Å². The van der Waals surface area contributed by atoms with Crippen molar-refractivity contribution in [1.29, 1.82) is 0 Å². The minimum atomic E-state index is 0.371. The average molecular weight is 292 g/mol. The van der Waals surface area contributed by atoms with Crippen LogP contribution in [-0.4, -0.2) is 46.3 Å². The molecule has 1 aliphatic heterocycles. The van der Waals surface area contributed by atoms with Crippen molar-refractivity contribution in [3.63, 3.8) is 0 Å². The lowest BCUT2D eigenvalue weighted by Gasteiger charge is -2.48. The topological polar surface area (TPSA) is 54.2 Å². The summed E-state index contributed by atoms with van der Waals surface area (Å²) in [7, 11) is 0. The highest BCUT2D eigenvalue weighted by molar-refractivity contribution is 5.02. The van der Waals surface area contributed by atoms with Crippen LogP contribution in [0.2, 0.25) is 0 Å². The molecule has 1 spiro atoms. The Bertz CT molecular complexity index is 465. The Hall–Kier alpha value is -0.940. The fraction of sp³-hybridized carbons (Fsp3) is 0.875. The Balaban J connectivity index is 1.65. The van der Waals surface area contributed by atoms with Crippen molar-refractivity contribution in [3.8, 4) is 0 Å². The number of aromatic nitrogens is 2. The van der Waals surface area contributed by atoms with E-state index in [9.17, 15) is 0 Å². The molecule has 0 amide bonds. The van der Waals surface area contributed by atoms with Gasteiger partial charge in [0.2, 0.25) is 5.89 Å². The van der Waals surface area contributed by atoms with Gasteiger partial charge in [-0.05, 0) is 25.7 Å². The third-order valence-corrected chi connectivity index (χ3v) is 5.17. The Kier molecular flexibility index (Phi) is 4.31. The number of hydrogen-bond donors (Lipinski definition) is 1. The van der Waals surface area contributed by atoms with E-state index in [-0.39, 0.29) is 0 Å². The fourth-order valence-corrected chi connectivity index (χ4v) is 3.98. The second-order valence-electron chi connectivity index (χ2n) is 7.14. The molecule has 2 fully saturated rings. The normalized spacial score (nSPS) is 26.0. The molecular weight excluding hydrogens is 264 g/mol. The van der Waals surface area contributed by atoms with Gasteiger partial charge in [-0.2, -0.15) is 4.98 Å². The Labute approximate surface area is 127 Å². The first kappa shape index (κ1) is 15.0. The van der Waals surface area contributed by atoms with Crippen LogP contribution in [0.25, 0.3) is 0 Å². The summed E-state index contributed by atoms with van der Waals surface area (Å²) in [6.45, 7) is 9.82. The Morgan fingerprint density at radius 1 is 1.38 bits per heavy atom. The van der Waals surface area contributed by atoms with Gasteiger partial charge in [0.1, 0.15) is 0 Å². The molecule has 0 bridgehead atoms. The maximum absolute atomic E-state index is 5.26. The molecule has 0 aromatic carbocycles. The second-order valence-corrected chi connectivity index (χ2v) is 7.14. The molecule has 1 N–H and O–H groups in total. The van der Waals surface area contributed by atoms with E-state index in [1.54, 1.807) is 0 Å². The van der Waals surface area contributed by atoms with Crippen LogP contribution in [0.5, 0.6) is 0 Å². The highest BCUT2D eigenvalue weighted by Crippen LogP contribution is 2.34. The van der Waals surface area contributed by atoms with Crippen molar-refractivity contribution >= 4 is 0 Å². The van der Waals surface area contributed by atoms with Crippen LogP contribution in [0.3, 0.4) is 0 Å². The number of piperazine rings is 1. The molecule has 1 aliphatic carbocycles. The van der Waals surface area contributed by atoms with E-state index < -0.39 is 0 Å². The first-order valence-corrected chi connectivity index (χ1v) is 8.36. The molecule has 118 valence electrons. The molecule has 1 aromatic heterocycles. The maximum Gasteiger partial charge on any atom is 0.227 e. The summed E-state index contributed by atoms with van der Waals surface area (Å²) in [5.74, 6) is 2.17. The number of aryl methyl sites for hydroxylation is 1. The van der Waals surface area contributed by atoms with Crippen LogP contribution in [0, 0.1) is 12.8 Å². The zero-order valence-electron chi connectivity index (χ0n) is 13.6. The molecule has 0 radical (unpaired) electrons. The van der Waals surface area contributed by atoms with Gasteiger partial charge in [-0.3, -0.25) is 4.90 Å². The number of nitrogens with one attached hydrogen (secondary N) is 1. The lowest BCUT2D eigenvalue weighted by Crippen LogP contribution is -2.64. The smallest absolute Gasteiger partial charge is 0.227 e. The minimum absolute atomic E-state index is 0.371. The molecule has 1 unspecified atom stereocenters. The van der Waals surface area contributed by atoms with E-state index in [1.165, 1.54) is 32.2 Å². The van der Waals surface area contributed by atoms with Crippen LogP contribution in [0.15, 0.2) is 4.52 Å². The number of hydrogen-bond acceptors (Lipinski definition) is 5. The zero-order valence-corrected chi connectivity index (χ0v) is 13.6. The average Bonchev–Trinajstić information content (AvgIpc) is 3.06. The SMILES string of the molecule is Cc1noc(CCN2CC3(CCCC3)NCC2C(C)C)n1. The summed E-state index contributed by atoms with van der Waals surface area (Å²) < 4.78 is 5.26. The monoisotopic (exact) mass is 292 g/mol. The lowest BCUT2D eigenvalue weighted by atomic mass is 9.89. The van der Waals surface area contributed by atoms with Crippen molar-refractivity contribution in [2.24, 2.45) is 5.92 Å². The van der Waals surface area contributed by atoms with Crippen molar-refractivity contribution in [2.45, 2.75) is 64.5 Å². The van der Waals surface area contributed by atoms with Crippen molar-refractivity contribution < 1.29 is 4.52 Å². The number of nitrogens with zero attached hydrogens (tertiary/aromatic N) is 3. The first-order chi connectivity index (χ1) is 10.1. The van der Waals surface area contributed by atoms with Crippen molar-refractivity contribution in [1.82, 2.24) is 20.4 Å². The summed E-state index contributed by atoms with van der Waals surface area (Å²) >= 11 is 0. The van der Waals surface area contributed by atoms with E-state index in [0.29, 0.717) is 17.5 Å². The third kappa shape index (κ3) is 3.29. The van der Waals surface area contributed by atoms with Crippen molar-refractivity contribution in [2.75, 3.05) is 19.6 Å². The molecule has 1 aromatic rings. The maximum atomic E-state index is 5.26. The van der Waals surface area contributed by atoms with E-state index in [0.717, 1.165) is 31.2 Å². The molecule has 2 aliphatic rings. The van der Waals surface area contributed by atoms with Crippen LogP contribution in [0.1, 0.15) is 51.2 Å². The van der Waals surface area contributed by atoms with Crippen LogP contribution in [-0.2, 0) is 6.42 Å². The molecule has 2 heterocycles. The summed E-state index contributed by atoms with van der Waals surface area (Å²) in [4.78, 5) is 6.99. The molecule has 1 atom stereocenters. The fourth-order valence-electron chi connectivity index (χ4n) is 3.98. The van der Waals surface area contributed by atoms with Gasteiger partial charge >= 0.3 is 0 Å². The number of rotatable bonds is 4. The predicted molar refractivity (Wildman–Crippen MR) is 82.1 cm³/mol. The molecule has 3 rings (SSSR count). The summed E-state index contributed by atoms with van der Waals surface area (Å²) in [5.41, 5.74) is 0.371. The highest BCUT2D eigenvalue weighted by Gasteiger charge is 2.41. The zero-order chi connectivity index (χ0) is 14.9. The molecule has 5 nitrogen and oxygen atoms in total. The van der Waals surface area contributed by atoms with Gasteiger partial charge in [0, 0.05) is 37.6 Å². The molecule has 1 saturated carbocycles. The first-order valence-electron chi connectivity index (χ1n) is 8.36. The largest absolute Gasteiger partial charge is 0.339 e. The summed E-state index contributed by atoms with van der Waals surface area (Å²) in [5, 5.41) is 7.75. The van der Waals surface area contributed by atoms with E-state index in [2.05, 4.69) is 34.2 Å². The minimum Gasteiger partial charge on any atom is -0.339 e. The molecular formula is C16H28N4O. The quantitative estimate of drug-likeness (QED) is 0.921. The van der Waals surface area contributed by atoms with Gasteiger partial charge in [0.15, 0.2) is 5.82 Å². The molecule has 5 heteroatoms. The van der Waals surface area contributed by atoms with Gasteiger partial charge in [0.25, 0.3) is 0 Å². The van der Waals surface area contributed by atoms with Gasteiger partial charge in [-0.15, -0.1) is 0 Å². The summed E-state index contributed by atoms with van der Waals surface area (Å²) in [6.07, 6.45) is 6.26. The second kappa shape index (κ2) is 6.05. The summed E-state index contributed by atoms with van der Waals surface area (Å²) in [6, 6.07) is 0.611. The third-order valence-electron chi connectivity index (χ3n) is 5.17. The van der Waals surface area contributed by atoms with Gasteiger partial charge in [-0.25, -0.2) is 0 Å². The van der Waals surface area contributed by atoms with Gasteiger partial charge in [0.05, 0.1) is 0 Å². The highest BCUT2D eigenvalue weighted by atomic mass is 16.5. The Morgan fingerprint density at radius 2 is 2.14 bits per heavy atom. The molecule has 21 heavy (non-hydrogen) atoms. The predicted octanol–water partition coefficient (Wildman–Crippen LogP) is 2.16. The van der Waals surface area contributed by atoms with E-state index in [4.69, 9.17) is 4.52 Å². The van der Waals surface area contributed by atoms with Crippen LogP contribution in [0.4, 0.5) is 0 Å². The van der Waals surface area contributed by atoms with Gasteiger partial charge < -0.3 is 9.84 Å².